The molecular formula is C19H16N4O2S. The fourth-order valence-corrected chi connectivity index (χ4v) is 3.87. The predicted octanol–water partition coefficient (Wildman–Crippen LogP) is 3.51. The number of rotatable bonds is 3. The van der Waals surface area contributed by atoms with Gasteiger partial charge in [-0.25, -0.2) is 9.97 Å². The summed E-state index contributed by atoms with van der Waals surface area (Å²) >= 11 is 1.30. The molecule has 0 bridgehead atoms. The first kappa shape index (κ1) is 16.4. The molecule has 0 radical (unpaired) electrons. The third-order valence-electron chi connectivity index (χ3n) is 4.38. The Bertz CT molecular complexity index is 1200. The summed E-state index contributed by atoms with van der Waals surface area (Å²) in [5, 5.41) is 3.73. The van der Waals surface area contributed by atoms with E-state index in [1.807, 2.05) is 43.3 Å². The predicted molar refractivity (Wildman–Crippen MR) is 104 cm³/mol. The number of aryl methyl sites for hydroxylation is 1. The minimum Gasteiger partial charge on any atom is -0.324 e. The van der Waals surface area contributed by atoms with Crippen molar-refractivity contribution in [3.63, 3.8) is 0 Å². The SMILES string of the molecule is Cc1ccccc1NC(=O)C(C)n1cnc2c(sc3ncccc32)c1=O. The van der Waals surface area contributed by atoms with E-state index in [-0.39, 0.29) is 11.5 Å². The van der Waals surface area contributed by atoms with Gasteiger partial charge < -0.3 is 5.32 Å². The van der Waals surface area contributed by atoms with Crippen molar-refractivity contribution in [2.45, 2.75) is 19.9 Å². The lowest BCUT2D eigenvalue weighted by Crippen LogP contribution is -2.31. The Morgan fingerprint density at radius 2 is 2.00 bits per heavy atom. The third-order valence-corrected chi connectivity index (χ3v) is 5.47. The van der Waals surface area contributed by atoms with Crippen LogP contribution in [0.25, 0.3) is 20.4 Å². The van der Waals surface area contributed by atoms with Gasteiger partial charge in [0.15, 0.2) is 0 Å². The van der Waals surface area contributed by atoms with Gasteiger partial charge in [-0.1, -0.05) is 18.2 Å². The van der Waals surface area contributed by atoms with Crippen LogP contribution in [0, 0.1) is 6.92 Å². The highest BCUT2D eigenvalue weighted by molar-refractivity contribution is 7.25. The maximum absolute atomic E-state index is 12.9. The lowest BCUT2D eigenvalue weighted by Gasteiger charge is -2.15. The van der Waals surface area contributed by atoms with Crippen LogP contribution in [0.1, 0.15) is 18.5 Å². The van der Waals surface area contributed by atoms with Gasteiger partial charge in [0.05, 0.1) is 11.8 Å². The summed E-state index contributed by atoms with van der Waals surface area (Å²) in [7, 11) is 0. The van der Waals surface area contributed by atoms with Crippen molar-refractivity contribution in [1.29, 1.82) is 0 Å². The minimum atomic E-state index is -0.683. The van der Waals surface area contributed by atoms with Crippen molar-refractivity contribution in [2.24, 2.45) is 0 Å². The average molecular weight is 364 g/mol. The van der Waals surface area contributed by atoms with Gasteiger partial charge in [-0.05, 0) is 37.6 Å². The second-order valence-electron chi connectivity index (χ2n) is 6.07. The number of carbonyl (C=O) groups excluding carboxylic acids is 1. The largest absolute Gasteiger partial charge is 0.324 e. The summed E-state index contributed by atoms with van der Waals surface area (Å²) in [6.45, 7) is 3.61. The first-order valence-electron chi connectivity index (χ1n) is 8.17. The Morgan fingerprint density at radius 1 is 1.19 bits per heavy atom. The monoisotopic (exact) mass is 364 g/mol. The second kappa shape index (κ2) is 6.34. The molecule has 26 heavy (non-hydrogen) atoms. The molecular weight excluding hydrogens is 348 g/mol. The fourth-order valence-electron chi connectivity index (χ4n) is 2.83. The zero-order valence-corrected chi connectivity index (χ0v) is 15.1. The van der Waals surface area contributed by atoms with Crippen molar-refractivity contribution < 1.29 is 4.79 Å². The molecule has 0 aliphatic heterocycles. The fraction of sp³-hybridized carbons (Fsp3) is 0.158. The van der Waals surface area contributed by atoms with Crippen LogP contribution in [-0.4, -0.2) is 20.4 Å². The molecule has 4 aromatic rings. The summed E-state index contributed by atoms with van der Waals surface area (Å²) in [6.07, 6.45) is 3.13. The smallest absolute Gasteiger partial charge is 0.272 e. The summed E-state index contributed by atoms with van der Waals surface area (Å²) in [5.41, 5.74) is 2.10. The Balaban J connectivity index is 1.73. The number of thiophene rings is 1. The van der Waals surface area contributed by atoms with Crippen LogP contribution in [0.2, 0.25) is 0 Å². The number of pyridine rings is 1. The molecule has 7 heteroatoms. The van der Waals surface area contributed by atoms with E-state index in [1.165, 1.54) is 22.2 Å². The van der Waals surface area contributed by atoms with Gasteiger partial charge in [-0.3, -0.25) is 14.2 Å². The van der Waals surface area contributed by atoms with Crippen molar-refractivity contribution in [3.05, 3.63) is 64.8 Å². The Morgan fingerprint density at radius 3 is 2.81 bits per heavy atom. The molecule has 3 aromatic heterocycles. The highest BCUT2D eigenvalue weighted by Gasteiger charge is 2.20. The summed E-state index contributed by atoms with van der Waals surface area (Å²) < 4.78 is 1.88. The first-order valence-corrected chi connectivity index (χ1v) is 8.99. The molecule has 1 aromatic carbocycles. The van der Waals surface area contributed by atoms with Gasteiger partial charge in [0, 0.05) is 17.3 Å². The van der Waals surface area contributed by atoms with E-state index in [4.69, 9.17) is 0 Å². The van der Waals surface area contributed by atoms with Gasteiger partial charge in [0.25, 0.3) is 5.56 Å². The Labute approximate surface area is 153 Å². The maximum atomic E-state index is 12.9. The molecule has 0 aliphatic carbocycles. The van der Waals surface area contributed by atoms with Crippen molar-refractivity contribution in [1.82, 2.24) is 14.5 Å². The van der Waals surface area contributed by atoms with Crippen LogP contribution >= 0.6 is 11.3 Å². The standard InChI is InChI=1S/C19H16N4O2S/c1-11-6-3-4-8-14(11)22-17(24)12(2)23-10-21-15-13-7-5-9-20-18(13)26-16(15)19(23)25/h3-10,12H,1-2H3,(H,22,24). The van der Waals surface area contributed by atoms with Crippen molar-refractivity contribution in [2.75, 3.05) is 5.32 Å². The summed E-state index contributed by atoms with van der Waals surface area (Å²) in [6, 6.07) is 10.6. The minimum absolute atomic E-state index is 0.231. The molecule has 1 N–H and O–H groups in total. The van der Waals surface area contributed by atoms with Crippen molar-refractivity contribution >= 4 is 43.4 Å². The highest BCUT2D eigenvalue weighted by atomic mass is 32.1. The van der Waals surface area contributed by atoms with Crippen LogP contribution in [0.4, 0.5) is 5.69 Å². The lowest BCUT2D eigenvalue weighted by atomic mass is 10.2. The molecule has 0 spiro atoms. The number of carbonyl (C=O) groups is 1. The normalized spacial score (nSPS) is 12.4. The number of para-hydroxylation sites is 1. The molecule has 3 heterocycles. The number of hydrogen-bond donors (Lipinski definition) is 1. The lowest BCUT2D eigenvalue weighted by molar-refractivity contribution is -0.118. The van der Waals surface area contributed by atoms with Crippen LogP contribution in [-0.2, 0) is 4.79 Å². The second-order valence-corrected chi connectivity index (χ2v) is 7.07. The average Bonchev–Trinajstić information content (AvgIpc) is 3.03. The number of hydrogen-bond acceptors (Lipinski definition) is 5. The molecule has 0 saturated carbocycles. The Kier molecular flexibility index (Phi) is 4.00. The molecule has 0 aliphatic rings. The quantitative estimate of drug-likeness (QED) is 0.603. The maximum Gasteiger partial charge on any atom is 0.272 e. The van der Waals surface area contributed by atoms with E-state index < -0.39 is 6.04 Å². The molecule has 0 fully saturated rings. The van der Waals surface area contributed by atoms with Crippen LogP contribution < -0.4 is 10.9 Å². The number of benzene rings is 1. The van der Waals surface area contributed by atoms with Gasteiger partial charge in [0.1, 0.15) is 15.6 Å². The molecule has 130 valence electrons. The van der Waals surface area contributed by atoms with Gasteiger partial charge in [-0.2, -0.15) is 0 Å². The van der Waals surface area contributed by atoms with E-state index in [0.717, 1.165) is 21.5 Å². The molecule has 4 rings (SSSR count). The number of aromatic nitrogens is 3. The van der Waals surface area contributed by atoms with Crippen LogP contribution in [0.5, 0.6) is 0 Å². The van der Waals surface area contributed by atoms with Gasteiger partial charge in [-0.15, -0.1) is 11.3 Å². The molecule has 0 saturated heterocycles. The van der Waals surface area contributed by atoms with E-state index in [1.54, 1.807) is 13.1 Å². The number of anilines is 1. The van der Waals surface area contributed by atoms with Gasteiger partial charge in [0.2, 0.25) is 5.91 Å². The molecule has 1 unspecified atom stereocenters. The van der Waals surface area contributed by atoms with E-state index in [0.29, 0.717) is 10.2 Å². The zero-order valence-electron chi connectivity index (χ0n) is 14.3. The molecule has 1 amide bonds. The number of nitrogens with one attached hydrogen (secondary N) is 1. The van der Waals surface area contributed by atoms with E-state index in [2.05, 4.69) is 15.3 Å². The summed E-state index contributed by atoms with van der Waals surface area (Å²) in [4.78, 5) is 35.0. The first-order chi connectivity index (χ1) is 12.6. The number of nitrogens with zero attached hydrogens (tertiary/aromatic N) is 3. The van der Waals surface area contributed by atoms with Crippen LogP contribution in [0.3, 0.4) is 0 Å². The topological polar surface area (TPSA) is 76.9 Å². The number of amides is 1. The molecule has 6 nitrogen and oxygen atoms in total. The van der Waals surface area contributed by atoms with Crippen LogP contribution in [0.15, 0.2) is 53.7 Å². The zero-order chi connectivity index (χ0) is 18.3. The third kappa shape index (κ3) is 2.66. The van der Waals surface area contributed by atoms with E-state index in [9.17, 15) is 9.59 Å². The molecule has 1 atom stereocenters. The van der Waals surface area contributed by atoms with E-state index >= 15 is 0 Å². The number of fused-ring (bicyclic) bond motifs is 3. The summed E-state index contributed by atoms with van der Waals surface area (Å²) in [5.74, 6) is -0.262. The highest BCUT2D eigenvalue weighted by Crippen LogP contribution is 2.28. The Hall–Kier alpha value is -3.06. The van der Waals surface area contributed by atoms with Gasteiger partial charge >= 0.3 is 0 Å². The van der Waals surface area contributed by atoms with Crippen molar-refractivity contribution in [3.8, 4) is 0 Å².